The third-order valence-electron chi connectivity index (χ3n) is 4.36. The third-order valence-corrected chi connectivity index (χ3v) is 4.60. The Labute approximate surface area is 180 Å². The number of aliphatic hydroxyl groups excluding tert-OH is 2. The number of hydrogen-bond acceptors (Lipinski definition) is 8. The zero-order chi connectivity index (χ0) is 21.3. The van der Waals surface area contributed by atoms with Gasteiger partial charge < -0.3 is 21.3 Å². The Hall–Kier alpha value is -2.78. The summed E-state index contributed by atoms with van der Waals surface area (Å²) in [6.45, 7) is 1.05. The minimum absolute atomic E-state index is 0.117. The highest BCUT2D eigenvalue weighted by Gasteiger charge is 2.21. The zero-order valence-corrected chi connectivity index (χ0v) is 17.2. The highest BCUT2D eigenvalue weighted by Crippen LogP contribution is 2.29. The van der Waals surface area contributed by atoms with E-state index in [2.05, 4.69) is 20.3 Å². The number of benzene rings is 1. The van der Waals surface area contributed by atoms with Crippen LogP contribution in [0.1, 0.15) is 12.8 Å². The summed E-state index contributed by atoms with van der Waals surface area (Å²) in [6.07, 6.45) is 3.41. The molecular formula is C21H25ClN6O2. The van der Waals surface area contributed by atoms with E-state index in [1.807, 2.05) is 18.2 Å². The number of pyridine rings is 1. The molecule has 5 N–H and O–H groups in total. The summed E-state index contributed by atoms with van der Waals surface area (Å²) in [5.74, 6) is 1.03. The van der Waals surface area contributed by atoms with Crippen LogP contribution in [-0.2, 0) is 0 Å². The molecular weight excluding hydrogens is 404 g/mol. The summed E-state index contributed by atoms with van der Waals surface area (Å²) < 4.78 is 0. The molecule has 0 aliphatic rings. The molecule has 0 aliphatic carbocycles. The van der Waals surface area contributed by atoms with Crippen molar-refractivity contribution in [2.75, 3.05) is 29.9 Å². The molecule has 1 atom stereocenters. The minimum Gasteiger partial charge on any atom is -0.396 e. The number of anilines is 3. The van der Waals surface area contributed by atoms with Crippen LogP contribution in [0.4, 0.5) is 17.5 Å². The topological polar surface area (TPSA) is 120 Å². The normalized spacial score (nSPS) is 11.9. The molecule has 0 fully saturated rings. The number of aromatic nitrogens is 3. The van der Waals surface area contributed by atoms with E-state index in [1.165, 1.54) is 0 Å². The molecule has 1 aromatic carbocycles. The Balaban J connectivity index is 1.94. The first-order valence-corrected chi connectivity index (χ1v) is 10.1. The second-order valence-corrected chi connectivity index (χ2v) is 7.02. The molecule has 3 aromatic rings. The van der Waals surface area contributed by atoms with E-state index in [4.69, 9.17) is 22.4 Å². The average molecular weight is 429 g/mol. The third kappa shape index (κ3) is 5.64. The van der Waals surface area contributed by atoms with E-state index in [1.54, 1.807) is 41.6 Å². The maximum atomic E-state index is 10.7. The van der Waals surface area contributed by atoms with Gasteiger partial charge in [0.1, 0.15) is 12.0 Å². The smallest absolute Gasteiger partial charge is 0.232 e. The van der Waals surface area contributed by atoms with Crippen molar-refractivity contribution in [3.05, 3.63) is 59.9 Å². The Morgan fingerprint density at radius 2 is 1.97 bits per heavy atom. The molecule has 0 radical (unpaired) electrons. The van der Waals surface area contributed by atoms with Crippen molar-refractivity contribution in [3.63, 3.8) is 0 Å². The molecule has 30 heavy (non-hydrogen) atoms. The van der Waals surface area contributed by atoms with Crippen molar-refractivity contribution in [2.24, 2.45) is 5.73 Å². The van der Waals surface area contributed by atoms with Gasteiger partial charge in [0.2, 0.25) is 5.95 Å². The van der Waals surface area contributed by atoms with E-state index in [9.17, 15) is 5.11 Å². The molecule has 0 saturated carbocycles. The molecule has 158 valence electrons. The lowest BCUT2D eigenvalue weighted by atomic mass is 10.2. The molecule has 8 nitrogen and oxygen atoms in total. The monoisotopic (exact) mass is 428 g/mol. The summed E-state index contributed by atoms with van der Waals surface area (Å²) in [4.78, 5) is 14.9. The average Bonchev–Trinajstić information content (AvgIpc) is 2.75. The number of nitrogens with zero attached hydrogens (tertiary/aromatic N) is 4. The van der Waals surface area contributed by atoms with Crippen molar-refractivity contribution < 1.29 is 10.2 Å². The van der Waals surface area contributed by atoms with Gasteiger partial charge in [-0.2, -0.15) is 0 Å². The maximum absolute atomic E-state index is 10.7. The molecule has 2 heterocycles. The van der Waals surface area contributed by atoms with Crippen molar-refractivity contribution >= 4 is 29.1 Å². The first kappa shape index (κ1) is 21.9. The molecule has 9 heteroatoms. The van der Waals surface area contributed by atoms with Crippen LogP contribution in [0.2, 0.25) is 5.02 Å². The predicted molar refractivity (Wildman–Crippen MR) is 119 cm³/mol. The van der Waals surface area contributed by atoms with Crippen molar-refractivity contribution in [1.29, 1.82) is 0 Å². The van der Waals surface area contributed by atoms with Gasteiger partial charge in [-0.3, -0.25) is 4.90 Å². The number of nitrogens with one attached hydrogen (secondary N) is 1. The number of nitrogens with two attached hydrogens (primary N) is 1. The highest BCUT2D eigenvalue weighted by atomic mass is 35.5. The van der Waals surface area contributed by atoms with Crippen LogP contribution in [0.25, 0.3) is 11.3 Å². The van der Waals surface area contributed by atoms with Gasteiger partial charge in [0.05, 0.1) is 5.69 Å². The Bertz CT molecular complexity index is 958. The van der Waals surface area contributed by atoms with E-state index in [0.29, 0.717) is 54.1 Å². The fourth-order valence-electron chi connectivity index (χ4n) is 2.93. The van der Waals surface area contributed by atoms with Gasteiger partial charge in [0.15, 0.2) is 0 Å². The van der Waals surface area contributed by atoms with Gasteiger partial charge >= 0.3 is 0 Å². The maximum Gasteiger partial charge on any atom is 0.232 e. The van der Waals surface area contributed by atoms with Gasteiger partial charge in [-0.25, -0.2) is 15.0 Å². The fourth-order valence-corrected chi connectivity index (χ4v) is 3.12. The molecule has 0 spiro atoms. The molecule has 0 bridgehead atoms. The lowest BCUT2D eigenvalue weighted by Crippen LogP contribution is -2.34. The summed E-state index contributed by atoms with van der Waals surface area (Å²) in [7, 11) is 0. The summed E-state index contributed by atoms with van der Waals surface area (Å²) >= 11 is 6.15. The second-order valence-electron chi connectivity index (χ2n) is 6.58. The fraction of sp³-hybridized carbons (Fsp3) is 0.286. The van der Waals surface area contributed by atoms with Crippen LogP contribution in [0, 0.1) is 0 Å². The predicted octanol–water partition coefficient (Wildman–Crippen LogP) is 2.79. The van der Waals surface area contributed by atoms with Crippen LogP contribution >= 0.6 is 11.6 Å². The summed E-state index contributed by atoms with van der Waals surface area (Å²) in [6, 6.07) is 12.7. The molecule has 2 aromatic heterocycles. The van der Waals surface area contributed by atoms with Crippen LogP contribution in [0.3, 0.4) is 0 Å². The van der Waals surface area contributed by atoms with E-state index in [-0.39, 0.29) is 6.61 Å². The summed E-state index contributed by atoms with van der Waals surface area (Å²) in [5.41, 5.74) is 7.85. The molecule has 3 rings (SSSR count). The zero-order valence-electron chi connectivity index (χ0n) is 16.4. The number of halogens is 1. The first-order valence-electron chi connectivity index (χ1n) is 9.69. The van der Waals surface area contributed by atoms with E-state index < -0.39 is 6.23 Å². The van der Waals surface area contributed by atoms with Crippen molar-refractivity contribution in [2.45, 2.75) is 19.1 Å². The Morgan fingerprint density at radius 1 is 1.13 bits per heavy atom. The first-order chi connectivity index (χ1) is 14.6. The molecule has 0 aliphatic heterocycles. The van der Waals surface area contributed by atoms with Gasteiger partial charge in [0.25, 0.3) is 0 Å². The highest BCUT2D eigenvalue weighted by molar-refractivity contribution is 6.30. The second kappa shape index (κ2) is 10.8. The SMILES string of the molecule is NCCC(O)N(c1cccc(Cl)c1)c1nccc(-c2ccnc(NCCCO)c2)n1. The number of aliphatic hydroxyl groups is 2. The quantitative estimate of drug-likeness (QED) is 0.287. The summed E-state index contributed by atoms with van der Waals surface area (Å²) in [5, 5.41) is 23.4. The van der Waals surface area contributed by atoms with Crippen molar-refractivity contribution in [1.82, 2.24) is 15.0 Å². The number of hydrogen-bond donors (Lipinski definition) is 4. The van der Waals surface area contributed by atoms with E-state index in [0.717, 1.165) is 5.56 Å². The molecule has 0 saturated heterocycles. The van der Waals surface area contributed by atoms with Gasteiger partial charge in [-0.05, 0) is 49.4 Å². The van der Waals surface area contributed by atoms with E-state index >= 15 is 0 Å². The van der Waals surface area contributed by atoms with Crippen LogP contribution < -0.4 is 16.0 Å². The molecule has 0 amide bonds. The largest absolute Gasteiger partial charge is 0.396 e. The Kier molecular flexibility index (Phi) is 7.92. The minimum atomic E-state index is -0.906. The van der Waals surface area contributed by atoms with Crippen LogP contribution in [0.5, 0.6) is 0 Å². The lowest BCUT2D eigenvalue weighted by molar-refractivity contribution is 0.172. The van der Waals surface area contributed by atoms with Crippen molar-refractivity contribution in [3.8, 4) is 11.3 Å². The van der Waals surface area contributed by atoms with Crippen LogP contribution in [-0.4, -0.2) is 51.1 Å². The van der Waals surface area contributed by atoms with Gasteiger partial charge in [-0.1, -0.05) is 17.7 Å². The van der Waals surface area contributed by atoms with Crippen LogP contribution in [0.15, 0.2) is 54.9 Å². The molecule has 1 unspecified atom stereocenters. The lowest BCUT2D eigenvalue weighted by Gasteiger charge is -2.28. The Morgan fingerprint density at radius 3 is 2.73 bits per heavy atom. The van der Waals surface area contributed by atoms with Gasteiger partial charge in [-0.15, -0.1) is 0 Å². The van der Waals surface area contributed by atoms with Gasteiger partial charge in [0, 0.05) is 48.2 Å². The number of rotatable bonds is 10. The standard InChI is InChI=1S/C21H25ClN6O2/c22-16-3-1-4-17(14-16)28(20(30)5-8-23)21-26-11-7-18(27-21)15-6-10-25-19(13-15)24-9-2-12-29/h1,3-4,6-7,10-11,13-14,20,29-30H,2,5,8-9,12,23H2,(H,24,25).